The molecule has 0 saturated carbocycles. The van der Waals surface area contributed by atoms with Crippen molar-refractivity contribution in [1.82, 2.24) is 4.90 Å². The molecule has 5 nitrogen and oxygen atoms in total. The number of hydrogen-bond acceptors (Lipinski definition) is 4. The van der Waals surface area contributed by atoms with Crippen molar-refractivity contribution < 1.29 is 19.4 Å². The zero-order valence-corrected chi connectivity index (χ0v) is 14.7. The molecule has 0 spiro atoms. The zero-order chi connectivity index (χ0) is 16.6. The molecule has 1 N–H and O–H groups in total. The lowest BCUT2D eigenvalue weighted by molar-refractivity contribution is -0.0734. The van der Waals surface area contributed by atoms with E-state index in [0.717, 1.165) is 45.1 Å². The Morgan fingerprint density at radius 2 is 1.73 bits per heavy atom. The number of aliphatic hydroxyl groups excluding tert-OH is 1. The zero-order valence-electron chi connectivity index (χ0n) is 14.7. The fraction of sp³-hybridized carbons (Fsp3) is 0.941. The molecule has 0 atom stereocenters. The van der Waals surface area contributed by atoms with Crippen LogP contribution in [0.5, 0.6) is 0 Å². The predicted octanol–water partition coefficient (Wildman–Crippen LogP) is 3.35. The average molecular weight is 315 g/mol. The number of ether oxygens (including phenoxy) is 2. The van der Waals surface area contributed by atoms with Crippen molar-refractivity contribution in [2.45, 2.75) is 77.4 Å². The number of amides is 1. The van der Waals surface area contributed by atoms with Crippen LogP contribution in [0.1, 0.15) is 66.2 Å². The molecule has 1 fully saturated rings. The van der Waals surface area contributed by atoms with Gasteiger partial charge in [0.05, 0.1) is 5.60 Å². The molecule has 0 aliphatic carbocycles. The minimum Gasteiger partial charge on any atom is -0.444 e. The van der Waals surface area contributed by atoms with Crippen molar-refractivity contribution in [2.24, 2.45) is 0 Å². The summed E-state index contributed by atoms with van der Waals surface area (Å²) in [6.45, 7) is 10.2. The highest BCUT2D eigenvalue weighted by atomic mass is 16.6. The second kappa shape index (κ2) is 8.73. The molecule has 0 unspecified atom stereocenters. The molecule has 0 aromatic rings. The second-order valence-electron chi connectivity index (χ2n) is 7.40. The number of likely N-dealkylation sites (tertiary alicyclic amines) is 1. The highest BCUT2D eigenvalue weighted by Crippen LogP contribution is 2.27. The topological polar surface area (TPSA) is 59.0 Å². The maximum atomic E-state index is 12.0. The largest absolute Gasteiger partial charge is 0.444 e. The first kappa shape index (κ1) is 19.2. The summed E-state index contributed by atoms with van der Waals surface area (Å²) in [6, 6.07) is 0. The van der Waals surface area contributed by atoms with Crippen LogP contribution in [0.15, 0.2) is 0 Å². The maximum Gasteiger partial charge on any atom is 0.410 e. The van der Waals surface area contributed by atoms with Crippen LogP contribution < -0.4 is 0 Å². The first-order valence-electron chi connectivity index (χ1n) is 8.48. The van der Waals surface area contributed by atoms with E-state index in [1.807, 2.05) is 20.8 Å². The minimum atomic E-state index is -0.442. The monoisotopic (exact) mass is 315 g/mol. The Hall–Kier alpha value is -0.810. The van der Waals surface area contributed by atoms with Crippen LogP contribution in [-0.2, 0) is 9.47 Å². The van der Waals surface area contributed by atoms with Gasteiger partial charge >= 0.3 is 6.09 Å². The number of hydrogen-bond donors (Lipinski definition) is 1. The first-order valence-corrected chi connectivity index (χ1v) is 8.48. The Balaban J connectivity index is 2.24. The van der Waals surface area contributed by atoms with Gasteiger partial charge in [-0.1, -0.05) is 12.8 Å². The van der Waals surface area contributed by atoms with Gasteiger partial charge in [-0.25, -0.2) is 4.79 Å². The van der Waals surface area contributed by atoms with Gasteiger partial charge < -0.3 is 19.5 Å². The molecule has 0 aromatic carbocycles. The van der Waals surface area contributed by atoms with Crippen molar-refractivity contribution in [3.05, 3.63) is 0 Å². The van der Waals surface area contributed by atoms with Crippen LogP contribution in [0.2, 0.25) is 0 Å². The summed E-state index contributed by atoms with van der Waals surface area (Å²) < 4.78 is 11.4. The molecule has 1 saturated heterocycles. The van der Waals surface area contributed by atoms with E-state index in [2.05, 4.69) is 6.92 Å². The van der Waals surface area contributed by atoms with E-state index >= 15 is 0 Å². The fourth-order valence-corrected chi connectivity index (χ4v) is 2.52. The molecule has 1 amide bonds. The molecule has 0 aromatic heterocycles. The van der Waals surface area contributed by atoms with Gasteiger partial charge in [0, 0.05) is 26.3 Å². The Bertz CT molecular complexity index is 330. The third kappa shape index (κ3) is 7.45. The third-order valence-electron chi connectivity index (χ3n) is 3.98. The van der Waals surface area contributed by atoms with Crippen LogP contribution in [0.3, 0.4) is 0 Å². The van der Waals surface area contributed by atoms with Gasteiger partial charge in [0.25, 0.3) is 0 Å². The first-order chi connectivity index (χ1) is 10.3. The number of unbranched alkanes of at least 4 members (excludes halogenated alkanes) is 3. The molecule has 22 heavy (non-hydrogen) atoms. The van der Waals surface area contributed by atoms with Gasteiger partial charge in [-0.05, 0) is 53.4 Å². The molecular formula is C17H33NO4. The van der Waals surface area contributed by atoms with Crippen molar-refractivity contribution in [3.63, 3.8) is 0 Å². The Morgan fingerprint density at radius 3 is 2.27 bits per heavy atom. The van der Waals surface area contributed by atoms with E-state index in [9.17, 15) is 4.79 Å². The lowest BCUT2D eigenvalue weighted by Gasteiger charge is -2.39. The normalized spacial score (nSPS) is 18.3. The molecular weight excluding hydrogens is 282 g/mol. The summed E-state index contributed by atoms with van der Waals surface area (Å²) in [5.74, 6) is 0. The Labute approximate surface area is 135 Å². The summed E-state index contributed by atoms with van der Waals surface area (Å²) in [6.07, 6.45) is 5.54. The summed E-state index contributed by atoms with van der Waals surface area (Å²) in [5.41, 5.74) is -0.571. The summed E-state index contributed by atoms with van der Waals surface area (Å²) in [4.78, 5) is 13.8. The number of aliphatic hydroxyl groups is 1. The van der Waals surface area contributed by atoms with E-state index in [-0.39, 0.29) is 18.3 Å². The van der Waals surface area contributed by atoms with Crippen LogP contribution in [0, 0.1) is 0 Å². The number of carbonyl (C=O) groups excluding carboxylic acids is 1. The Kier molecular flexibility index (Phi) is 7.63. The van der Waals surface area contributed by atoms with Gasteiger partial charge in [0.1, 0.15) is 5.60 Å². The Morgan fingerprint density at radius 1 is 1.14 bits per heavy atom. The SMILES string of the molecule is CC(C)(C)OC(=O)N1CCC(C)(OCCCCCCO)CC1. The summed E-state index contributed by atoms with van der Waals surface area (Å²) in [7, 11) is 0. The van der Waals surface area contributed by atoms with Crippen molar-refractivity contribution >= 4 is 6.09 Å². The van der Waals surface area contributed by atoms with Crippen LogP contribution in [-0.4, -0.2) is 53.6 Å². The standard InChI is InChI=1S/C17H33NO4/c1-16(2,3)22-15(20)18-11-9-17(4,10-12-18)21-14-8-6-5-7-13-19/h19H,5-14H2,1-4H3. The van der Waals surface area contributed by atoms with E-state index < -0.39 is 5.60 Å². The summed E-state index contributed by atoms with van der Waals surface area (Å²) in [5, 5.41) is 8.73. The van der Waals surface area contributed by atoms with E-state index in [1.165, 1.54) is 0 Å². The molecule has 130 valence electrons. The molecule has 5 heteroatoms. The summed E-state index contributed by atoms with van der Waals surface area (Å²) >= 11 is 0. The minimum absolute atomic E-state index is 0.129. The third-order valence-corrected chi connectivity index (χ3v) is 3.98. The molecule has 1 aliphatic heterocycles. The molecule has 0 bridgehead atoms. The van der Waals surface area contributed by atoms with E-state index in [1.54, 1.807) is 4.90 Å². The predicted molar refractivity (Wildman–Crippen MR) is 87.0 cm³/mol. The lowest BCUT2D eigenvalue weighted by atomic mass is 9.93. The van der Waals surface area contributed by atoms with Gasteiger partial charge in [-0.2, -0.15) is 0 Å². The second-order valence-corrected chi connectivity index (χ2v) is 7.40. The van der Waals surface area contributed by atoms with E-state index in [4.69, 9.17) is 14.6 Å². The number of rotatable bonds is 7. The van der Waals surface area contributed by atoms with Gasteiger partial charge in [0.15, 0.2) is 0 Å². The van der Waals surface area contributed by atoms with Crippen molar-refractivity contribution in [1.29, 1.82) is 0 Å². The van der Waals surface area contributed by atoms with Gasteiger partial charge in [-0.3, -0.25) is 0 Å². The van der Waals surface area contributed by atoms with Crippen LogP contribution >= 0.6 is 0 Å². The highest BCUT2D eigenvalue weighted by molar-refractivity contribution is 5.68. The van der Waals surface area contributed by atoms with Crippen LogP contribution in [0.4, 0.5) is 4.79 Å². The van der Waals surface area contributed by atoms with Crippen molar-refractivity contribution in [3.8, 4) is 0 Å². The maximum absolute atomic E-state index is 12.0. The van der Waals surface area contributed by atoms with Gasteiger partial charge in [0.2, 0.25) is 0 Å². The smallest absolute Gasteiger partial charge is 0.410 e. The average Bonchev–Trinajstić information content (AvgIpc) is 2.41. The van der Waals surface area contributed by atoms with Crippen molar-refractivity contribution in [2.75, 3.05) is 26.3 Å². The quantitative estimate of drug-likeness (QED) is 0.732. The highest BCUT2D eigenvalue weighted by Gasteiger charge is 2.34. The van der Waals surface area contributed by atoms with E-state index in [0.29, 0.717) is 13.1 Å². The van der Waals surface area contributed by atoms with Crippen LogP contribution in [0.25, 0.3) is 0 Å². The molecule has 1 heterocycles. The number of carbonyl (C=O) groups is 1. The fourth-order valence-electron chi connectivity index (χ4n) is 2.52. The molecule has 1 aliphatic rings. The molecule has 0 radical (unpaired) electrons. The molecule has 1 rings (SSSR count). The number of nitrogens with zero attached hydrogens (tertiary/aromatic N) is 1. The number of piperidine rings is 1. The van der Waals surface area contributed by atoms with Gasteiger partial charge in [-0.15, -0.1) is 0 Å². The lowest BCUT2D eigenvalue weighted by Crippen LogP contribution is -2.48.